The van der Waals surface area contributed by atoms with Crippen LogP contribution >= 0.6 is 0 Å². The van der Waals surface area contributed by atoms with Gasteiger partial charge in [-0.05, 0) is 24.1 Å². The van der Waals surface area contributed by atoms with Gasteiger partial charge in [-0.2, -0.15) is 0 Å². The minimum Gasteiger partial charge on any atom is -0.490 e. The summed E-state index contributed by atoms with van der Waals surface area (Å²) in [5.74, 6) is 7.24. The van der Waals surface area contributed by atoms with E-state index in [2.05, 4.69) is 12.3 Å². The van der Waals surface area contributed by atoms with Crippen molar-refractivity contribution >= 4 is 0 Å². The molecule has 0 radical (unpaired) electrons. The average molecular weight is 236 g/mol. The fourth-order valence-corrected chi connectivity index (χ4v) is 2.03. The molecular weight excluding hydrogens is 216 g/mol. The summed E-state index contributed by atoms with van der Waals surface area (Å²) in [6, 6.07) is 6.22. The molecule has 3 N–H and O–H groups in total. The van der Waals surface area contributed by atoms with E-state index >= 15 is 0 Å². The maximum Gasteiger partial charge on any atom is 0.161 e. The molecule has 1 atom stereocenters. The van der Waals surface area contributed by atoms with Gasteiger partial charge in [0.25, 0.3) is 0 Å². The lowest BCUT2D eigenvalue weighted by Gasteiger charge is -2.17. The molecule has 0 amide bonds. The van der Waals surface area contributed by atoms with Gasteiger partial charge in [0, 0.05) is 12.5 Å². The normalized spacial score (nSPS) is 16.4. The number of hydrogen-bond donors (Lipinski definition) is 2. The lowest BCUT2D eigenvalue weighted by molar-refractivity contribution is 0.297. The van der Waals surface area contributed by atoms with Crippen molar-refractivity contribution in [3.05, 3.63) is 23.8 Å². The highest BCUT2D eigenvalue weighted by Crippen LogP contribution is 2.33. The van der Waals surface area contributed by atoms with Gasteiger partial charge in [0.1, 0.15) is 0 Å². The van der Waals surface area contributed by atoms with Crippen LogP contribution in [0.3, 0.4) is 0 Å². The molecule has 1 unspecified atom stereocenters. The van der Waals surface area contributed by atoms with E-state index in [1.54, 1.807) is 0 Å². The molecule has 1 heterocycles. The molecule has 0 fully saturated rings. The molecule has 1 aliphatic heterocycles. The van der Waals surface area contributed by atoms with Crippen LogP contribution in [0.1, 0.15) is 37.8 Å². The zero-order valence-corrected chi connectivity index (χ0v) is 10.2. The van der Waals surface area contributed by atoms with E-state index in [9.17, 15) is 0 Å². The van der Waals surface area contributed by atoms with Crippen molar-refractivity contribution in [2.45, 2.75) is 32.2 Å². The monoisotopic (exact) mass is 236 g/mol. The molecule has 0 spiro atoms. The Balaban J connectivity index is 2.21. The number of benzene rings is 1. The third-order valence-electron chi connectivity index (χ3n) is 2.95. The molecule has 94 valence electrons. The first-order valence-corrected chi connectivity index (χ1v) is 6.21. The second-order valence-corrected chi connectivity index (χ2v) is 4.26. The minimum absolute atomic E-state index is 0.178. The maximum absolute atomic E-state index is 5.67. The summed E-state index contributed by atoms with van der Waals surface area (Å²) in [4.78, 5) is 0. The average Bonchev–Trinajstić information content (AvgIpc) is 2.60. The lowest BCUT2D eigenvalue weighted by atomic mass is 10.0. The third kappa shape index (κ3) is 2.90. The predicted molar refractivity (Wildman–Crippen MR) is 67.0 cm³/mol. The molecule has 1 aromatic rings. The molecule has 0 bridgehead atoms. The quantitative estimate of drug-likeness (QED) is 0.621. The summed E-state index contributed by atoms with van der Waals surface area (Å²) in [7, 11) is 0. The van der Waals surface area contributed by atoms with Gasteiger partial charge in [-0.15, -0.1) is 0 Å². The largest absolute Gasteiger partial charge is 0.490 e. The number of ether oxygens (including phenoxy) is 2. The maximum atomic E-state index is 5.67. The molecule has 17 heavy (non-hydrogen) atoms. The van der Waals surface area contributed by atoms with Gasteiger partial charge in [-0.1, -0.05) is 19.4 Å². The van der Waals surface area contributed by atoms with Crippen molar-refractivity contribution in [1.82, 2.24) is 5.43 Å². The van der Waals surface area contributed by atoms with Crippen molar-refractivity contribution in [3.8, 4) is 11.5 Å². The molecule has 0 aliphatic carbocycles. The number of rotatable bonds is 4. The van der Waals surface area contributed by atoms with Crippen LogP contribution < -0.4 is 20.7 Å². The highest BCUT2D eigenvalue weighted by Gasteiger charge is 2.14. The molecule has 2 rings (SSSR count). The summed E-state index contributed by atoms with van der Waals surface area (Å²) in [6.45, 7) is 3.58. The van der Waals surface area contributed by atoms with Gasteiger partial charge >= 0.3 is 0 Å². The van der Waals surface area contributed by atoms with Gasteiger partial charge in [0.2, 0.25) is 0 Å². The van der Waals surface area contributed by atoms with Crippen molar-refractivity contribution in [2.24, 2.45) is 5.84 Å². The van der Waals surface area contributed by atoms with Crippen molar-refractivity contribution in [3.63, 3.8) is 0 Å². The van der Waals surface area contributed by atoms with E-state index in [0.717, 1.165) is 42.9 Å². The second-order valence-electron chi connectivity index (χ2n) is 4.26. The van der Waals surface area contributed by atoms with E-state index in [-0.39, 0.29) is 6.04 Å². The zero-order valence-electron chi connectivity index (χ0n) is 10.2. The van der Waals surface area contributed by atoms with Gasteiger partial charge in [-0.25, -0.2) is 0 Å². The van der Waals surface area contributed by atoms with Gasteiger partial charge in [-0.3, -0.25) is 11.3 Å². The third-order valence-corrected chi connectivity index (χ3v) is 2.95. The van der Waals surface area contributed by atoms with Crippen LogP contribution in [0.2, 0.25) is 0 Å². The van der Waals surface area contributed by atoms with Crippen molar-refractivity contribution in [1.29, 1.82) is 0 Å². The fourth-order valence-electron chi connectivity index (χ4n) is 2.03. The van der Waals surface area contributed by atoms with Crippen LogP contribution in [0.15, 0.2) is 18.2 Å². The Bertz CT molecular complexity index is 368. The summed E-state index contributed by atoms with van der Waals surface area (Å²) in [6.07, 6.45) is 3.02. The SMILES string of the molecule is CCCC(NN)c1ccc2c(c1)OCCCO2. The molecule has 0 saturated carbocycles. The molecule has 0 aromatic heterocycles. The second kappa shape index (κ2) is 5.89. The van der Waals surface area contributed by atoms with Crippen LogP contribution in [-0.2, 0) is 0 Å². The van der Waals surface area contributed by atoms with E-state index in [1.165, 1.54) is 0 Å². The molecule has 4 nitrogen and oxygen atoms in total. The Labute approximate surface area is 102 Å². The van der Waals surface area contributed by atoms with E-state index < -0.39 is 0 Å². The predicted octanol–water partition coefficient (Wildman–Crippen LogP) is 2.15. The molecular formula is C13H20N2O2. The van der Waals surface area contributed by atoms with Crippen molar-refractivity contribution in [2.75, 3.05) is 13.2 Å². The highest BCUT2D eigenvalue weighted by atomic mass is 16.5. The van der Waals surface area contributed by atoms with Gasteiger partial charge < -0.3 is 9.47 Å². The van der Waals surface area contributed by atoms with E-state index in [1.807, 2.05) is 18.2 Å². The first-order valence-electron chi connectivity index (χ1n) is 6.21. The van der Waals surface area contributed by atoms with Crippen LogP contribution in [0.25, 0.3) is 0 Å². The van der Waals surface area contributed by atoms with Crippen LogP contribution in [0.5, 0.6) is 11.5 Å². The Morgan fingerprint density at radius 3 is 2.76 bits per heavy atom. The molecule has 1 aliphatic rings. The summed E-state index contributed by atoms with van der Waals surface area (Å²) in [5.41, 5.74) is 4.00. The van der Waals surface area contributed by atoms with Crippen LogP contribution in [0.4, 0.5) is 0 Å². The van der Waals surface area contributed by atoms with Gasteiger partial charge in [0.05, 0.1) is 13.2 Å². The minimum atomic E-state index is 0.178. The zero-order chi connectivity index (χ0) is 12.1. The van der Waals surface area contributed by atoms with Gasteiger partial charge in [0.15, 0.2) is 11.5 Å². The first kappa shape index (κ1) is 12.2. The molecule has 0 saturated heterocycles. The summed E-state index contributed by atoms with van der Waals surface area (Å²) in [5, 5.41) is 0. The number of nitrogens with one attached hydrogen (secondary N) is 1. The molecule has 4 heteroatoms. The Morgan fingerprint density at radius 1 is 1.29 bits per heavy atom. The summed E-state index contributed by atoms with van der Waals surface area (Å²) >= 11 is 0. The summed E-state index contributed by atoms with van der Waals surface area (Å²) < 4.78 is 11.3. The van der Waals surface area contributed by atoms with Crippen LogP contribution in [-0.4, -0.2) is 13.2 Å². The highest BCUT2D eigenvalue weighted by molar-refractivity contribution is 5.44. The van der Waals surface area contributed by atoms with Crippen molar-refractivity contribution < 1.29 is 9.47 Å². The molecule has 1 aromatic carbocycles. The smallest absolute Gasteiger partial charge is 0.161 e. The first-order chi connectivity index (χ1) is 8.35. The number of hydrazine groups is 1. The number of hydrogen-bond acceptors (Lipinski definition) is 4. The Morgan fingerprint density at radius 2 is 2.06 bits per heavy atom. The topological polar surface area (TPSA) is 56.5 Å². The Kier molecular flexibility index (Phi) is 4.23. The fraction of sp³-hybridized carbons (Fsp3) is 0.538. The number of nitrogens with two attached hydrogens (primary N) is 1. The standard InChI is InChI=1S/C13H20N2O2/c1-2-4-11(15-14)10-5-6-12-13(9-10)17-8-3-7-16-12/h5-6,9,11,15H,2-4,7-8,14H2,1H3. The number of fused-ring (bicyclic) bond motifs is 1. The van der Waals surface area contributed by atoms with Crippen LogP contribution in [0, 0.1) is 0 Å². The Hall–Kier alpha value is -1.26. The van der Waals surface area contributed by atoms with E-state index in [0.29, 0.717) is 6.61 Å². The lowest BCUT2D eigenvalue weighted by Crippen LogP contribution is -2.27. The van der Waals surface area contributed by atoms with E-state index in [4.69, 9.17) is 15.3 Å².